The predicted octanol–water partition coefficient (Wildman–Crippen LogP) is 2.44. The maximum atomic E-state index is 12.4. The van der Waals surface area contributed by atoms with Gasteiger partial charge in [0.05, 0.1) is 24.8 Å². The average Bonchev–Trinajstić information content (AvgIpc) is 2.98. The molecule has 1 N–H and O–H groups in total. The molecule has 1 aromatic carbocycles. The van der Waals surface area contributed by atoms with E-state index in [-0.39, 0.29) is 12.0 Å². The van der Waals surface area contributed by atoms with E-state index in [0.717, 1.165) is 24.3 Å². The van der Waals surface area contributed by atoms with Gasteiger partial charge in [-0.1, -0.05) is 32.0 Å². The van der Waals surface area contributed by atoms with Gasteiger partial charge in [0.25, 0.3) is 5.91 Å². The summed E-state index contributed by atoms with van der Waals surface area (Å²) >= 11 is 0. The first-order chi connectivity index (χ1) is 10.7. The largest absolute Gasteiger partial charge is 0.486 e. The van der Waals surface area contributed by atoms with Crippen LogP contribution in [0, 0.1) is 0 Å². The lowest BCUT2D eigenvalue weighted by molar-refractivity contribution is 0.0174. The van der Waals surface area contributed by atoms with Gasteiger partial charge in [0.1, 0.15) is 11.9 Å². The number of nitrogens with one attached hydrogen (secondary N) is 1. The SMILES string of the molecule is CCc1ccccc1OC1CN(C(=O)c2cn[nH]c2CC)C1. The second kappa shape index (κ2) is 6.22. The van der Waals surface area contributed by atoms with Crippen LogP contribution in [0.4, 0.5) is 0 Å². The molecule has 0 atom stereocenters. The van der Waals surface area contributed by atoms with Crippen LogP contribution in [-0.2, 0) is 12.8 Å². The number of aryl methyl sites for hydroxylation is 2. The van der Waals surface area contributed by atoms with E-state index in [4.69, 9.17) is 4.74 Å². The van der Waals surface area contributed by atoms with Gasteiger partial charge in [-0.25, -0.2) is 0 Å². The number of likely N-dealkylation sites (tertiary alicyclic amines) is 1. The number of carbonyl (C=O) groups is 1. The number of amides is 1. The lowest BCUT2D eigenvalue weighted by Gasteiger charge is -2.39. The van der Waals surface area contributed by atoms with Gasteiger partial charge in [-0.05, 0) is 24.5 Å². The Kier molecular flexibility index (Phi) is 4.13. The van der Waals surface area contributed by atoms with Gasteiger partial charge in [-0.2, -0.15) is 5.10 Å². The quantitative estimate of drug-likeness (QED) is 0.922. The molecular formula is C17H21N3O2. The standard InChI is InChI=1S/C17H21N3O2/c1-3-12-7-5-6-8-16(12)22-13-10-20(11-13)17(21)14-9-18-19-15(14)4-2/h5-9,13H,3-4,10-11H2,1-2H3,(H,18,19). The van der Waals surface area contributed by atoms with Crippen molar-refractivity contribution in [1.82, 2.24) is 15.1 Å². The first-order valence-electron chi connectivity index (χ1n) is 7.79. The molecule has 2 aromatic rings. The first kappa shape index (κ1) is 14.6. The van der Waals surface area contributed by atoms with Crippen LogP contribution in [0.2, 0.25) is 0 Å². The van der Waals surface area contributed by atoms with Crippen molar-refractivity contribution in [2.24, 2.45) is 0 Å². The molecule has 0 spiro atoms. The van der Waals surface area contributed by atoms with Crippen LogP contribution >= 0.6 is 0 Å². The highest BCUT2D eigenvalue weighted by Crippen LogP contribution is 2.24. The summed E-state index contributed by atoms with van der Waals surface area (Å²) in [5.41, 5.74) is 2.77. The van der Waals surface area contributed by atoms with Gasteiger partial charge >= 0.3 is 0 Å². The molecule has 1 aromatic heterocycles. The van der Waals surface area contributed by atoms with Gasteiger partial charge in [0.15, 0.2) is 0 Å². The Hall–Kier alpha value is -2.30. The molecule has 2 heterocycles. The van der Waals surface area contributed by atoms with E-state index in [9.17, 15) is 4.79 Å². The normalized spacial score (nSPS) is 14.7. The molecule has 5 nitrogen and oxygen atoms in total. The topological polar surface area (TPSA) is 58.2 Å². The summed E-state index contributed by atoms with van der Waals surface area (Å²) in [5, 5.41) is 6.84. The van der Waals surface area contributed by atoms with Gasteiger partial charge < -0.3 is 9.64 Å². The van der Waals surface area contributed by atoms with Crippen molar-refractivity contribution in [3.8, 4) is 5.75 Å². The summed E-state index contributed by atoms with van der Waals surface area (Å²) in [5.74, 6) is 0.967. The zero-order chi connectivity index (χ0) is 15.5. The Balaban J connectivity index is 1.59. The highest BCUT2D eigenvalue weighted by molar-refractivity contribution is 5.95. The van der Waals surface area contributed by atoms with Crippen molar-refractivity contribution >= 4 is 5.91 Å². The monoisotopic (exact) mass is 299 g/mol. The molecule has 0 saturated carbocycles. The van der Waals surface area contributed by atoms with Gasteiger partial charge in [0, 0.05) is 5.69 Å². The molecule has 1 fully saturated rings. The lowest BCUT2D eigenvalue weighted by atomic mass is 10.1. The number of aromatic nitrogens is 2. The predicted molar refractivity (Wildman–Crippen MR) is 84.1 cm³/mol. The number of hydrogen-bond acceptors (Lipinski definition) is 3. The van der Waals surface area contributed by atoms with Gasteiger partial charge in [0.2, 0.25) is 0 Å². The number of benzene rings is 1. The molecule has 1 saturated heterocycles. The van der Waals surface area contributed by atoms with Crippen molar-refractivity contribution in [1.29, 1.82) is 0 Å². The second-order valence-electron chi connectivity index (χ2n) is 5.53. The van der Waals surface area contributed by atoms with Crippen LogP contribution in [0.3, 0.4) is 0 Å². The fourth-order valence-electron chi connectivity index (χ4n) is 2.71. The van der Waals surface area contributed by atoms with Gasteiger partial charge in [-0.3, -0.25) is 9.89 Å². The highest BCUT2D eigenvalue weighted by Gasteiger charge is 2.34. The molecule has 22 heavy (non-hydrogen) atoms. The molecule has 0 aliphatic carbocycles. The van der Waals surface area contributed by atoms with Crippen LogP contribution < -0.4 is 4.74 Å². The van der Waals surface area contributed by atoms with Crippen LogP contribution in [-0.4, -0.2) is 40.2 Å². The van der Waals surface area contributed by atoms with E-state index in [1.807, 2.05) is 30.0 Å². The van der Waals surface area contributed by atoms with Crippen molar-refractivity contribution in [2.75, 3.05) is 13.1 Å². The summed E-state index contributed by atoms with van der Waals surface area (Å²) in [4.78, 5) is 14.2. The number of hydrogen-bond donors (Lipinski definition) is 1. The Labute approximate surface area is 130 Å². The Morgan fingerprint density at radius 3 is 2.82 bits per heavy atom. The molecule has 116 valence electrons. The third-order valence-corrected chi connectivity index (χ3v) is 4.08. The number of rotatable bonds is 5. The fraction of sp³-hybridized carbons (Fsp3) is 0.412. The zero-order valence-electron chi connectivity index (χ0n) is 13.0. The van der Waals surface area contributed by atoms with Crippen molar-refractivity contribution in [2.45, 2.75) is 32.8 Å². The molecule has 1 aliphatic rings. The van der Waals surface area contributed by atoms with Crippen LogP contribution in [0.15, 0.2) is 30.5 Å². The third kappa shape index (κ3) is 2.71. The zero-order valence-corrected chi connectivity index (χ0v) is 13.0. The van der Waals surface area contributed by atoms with E-state index in [1.54, 1.807) is 6.20 Å². The molecule has 0 bridgehead atoms. The van der Waals surface area contributed by atoms with Crippen LogP contribution in [0.5, 0.6) is 5.75 Å². The Morgan fingerprint density at radius 1 is 1.32 bits per heavy atom. The fourth-order valence-corrected chi connectivity index (χ4v) is 2.71. The molecule has 1 amide bonds. The van der Waals surface area contributed by atoms with E-state index in [1.165, 1.54) is 5.56 Å². The first-order valence-corrected chi connectivity index (χ1v) is 7.79. The Morgan fingerprint density at radius 2 is 2.09 bits per heavy atom. The minimum atomic E-state index is 0.0363. The summed E-state index contributed by atoms with van der Waals surface area (Å²) in [6.07, 6.45) is 3.41. The van der Waals surface area contributed by atoms with Gasteiger partial charge in [-0.15, -0.1) is 0 Å². The highest BCUT2D eigenvalue weighted by atomic mass is 16.5. The number of para-hydroxylation sites is 1. The minimum absolute atomic E-state index is 0.0363. The van der Waals surface area contributed by atoms with Crippen molar-refractivity contribution in [3.63, 3.8) is 0 Å². The molecule has 0 unspecified atom stereocenters. The summed E-state index contributed by atoms with van der Waals surface area (Å²) in [6, 6.07) is 8.08. The van der Waals surface area contributed by atoms with E-state index < -0.39 is 0 Å². The summed E-state index contributed by atoms with van der Waals surface area (Å²) in [7, 11) is 0. The molecule has 1 aliphatic heterocycles. The minimum Gasteiger partial charge on any atom is -0.486 e. The number of ether oxygens (including phenoxy) is 1. The van der Waals surface area contributed by atoms with E-state index >= 15 is 0 Å². The van der Waals surface area contributed by atoms with Crippen LogP contribution in [0.25, 0.3) is 0 Å². The van der Waals surface area contributed by atoms with Crippen molar-refractivity contribution in [3.05, 3.63) is 47.3 Å². The number of H-pyrrole nitrogens is 1. The molecule has 3 rings (SSSR count). The lowest BCUT2D eigenvalue weighted by Crippen LogP contribution is -2.56. The average molecular weight is 299 g/mol. The maximum absolute atomic E-state index is 12.4. The smallest absolute Gasteiger partial charge is 0.257 e. The van der Waals surface area contributed by atoms with E-state index in [0.29, 0.717) is 18.7 Å². The van der Waals surface area contributed by atoms with Crippen LogP contribution in [0.1, 0.15) is 35.5 Å². The molecule has 5 heteroatoms. The van der Waals surface area contributed by atoms with Crippen molar-refractivity contribution < 1.29 is 9.53 Å². The Bertz CT molecular complexity index is 659. The second-order valence-corrected chi connectivity index (χ2v) is 5.53. The van der Waals surface area contributed by atoms with E-state index in [2.05, 4.69) is 23.2 Å². The number of aromatic amines is 1. The number of carbonyl (C=O) groups excluding carboxylic acids is 1. The molecular weight excluding hydrogens is 278 g/mol. The summed E-state index contributed by atoms with van der Waals surface area (Å²) < 4.78 is 6.01. The third-order valence-electron chi connectivity index (χ3n) is 4.08. The maximum Gasteiger partial charge on any atom is 0.257 e. The molecule has 0 radical (unpaired) electrons. The number of nitrogens with zero attached hydrogens (tertiary/aromatic N) is 2. The summed E-state index contributed by atoms with van der Waals surface area (Å²) in [6.45, 7) is 5.38.